The molecule has 0 atom stereocenters. The first kappa shape index (κ1) is 18.7. The van der Waals surface area contributed by atoms with Gasteiger partial charge in [0.15, 0.2) is 0 Å². The fourth-order valence-corrected chi connectivity index (χ4v) is 3.51. The molecule has 1 aromatic rings. The van der Waals surface area contributed by atoms with E-state index in [4.69, 9.17) is 16.7 Å². The number of hydrogen-bond acceptors (Lipinski definition) is 6. The summed E-state index contributed by atoms with van der Waals surface area (Å²) in [7, 11) is 0. The Labute approximate surface area is 157 Å². The van der Waals surface area contributed by atoms with E-state index >= 15 is 0 Å². The van der Waals surface area contributed by atoms with Gasteiger partial charge in [-0.2, -0.15) is 0 Å². The van der Waals surface area contributed by atoms with E-state index in [1.807, 2.05) is 12.1 Å². The first-order valence-corrected chi connectivity index (χ1v) is 9.13. The highest BCUT2D eigenvalue weighted by Gasteiger charge is 2.30. The second kappa shape index (κ2) is 8.07. The number of benzene rings is 1. The summed E-state index contributed by atoms with van der Waals surface area (Å²) in [6.45, 7) is 6.82. The average Bonchev–Trinajstić information content (AvgIpc) is 2.90. The van der Waals surface area contributed by atoms with Gasteiger partial charge in [0.25, 0.3) is 11.8 Å². The van der Waals surface area contributed by atoms with Crippen LogP contribution in [0.1, 0.15) is 6.92 Å². The zero-order valence-corrected chi connectivity index (χ0v) is 15.5. The summed E-state index contributed by atoms with van der Waals surface area (Å²) in [4.78, 5) is 29.6. The predicted molar refractivity (Wildman–Crippen MR) is 101 cm³/mol. The van der Waals surface area contributed by atoms with Crippen molar-refractivity contribution in [1.82, 2.24) is 9.80 Å². The van der Waals surface area contributed by atoms with Gasteiger partial charge in [0.2, 0.25) is 0 Å². The molecule has 2 aliphatic heterocycles. The number of piperazine rings is 1. The lowest BCUT2D eigenvalue weighted by molar-refractivity contribution is -0.137. The van der Waals surface area contributed by atoms with Crippen LogP contribution >= 0.6 is 11.6 Å². The summed E-state index contributed by atoms with van der Waals surface area (Å²) in [5, 5.41) is 12.5. The number of halogens is 1. The summed E-state index contributed by atoms with van der Waals surface area (Å²) in [5.41, 5.74) is 1.80. The molecule has 2 heterocycles. The number of carbonyl (C=O) groups excluding carboxylic acids is 2. The van der Waals surface area contributed by atoms with E-state index in [2.05, 4.69) is 22.0 Å². The number of aliphatic hydroxyl groups is 1. The molecular formula is C18H23ClN4O3. The van der Waals surface area contributed by atoms with Crippen molar-refractivity contribution in [1.29, 1.82) is 0 Å². The molecule has 0 aliphatic carbocycles. The highest BCUT2D eigenvalue weighted by molar-refractivity contribution is 6.33. The first-order valence-electron chi connectivity index (χ1n) is 8.75. The van der Waals surface area contributed by atoms with Gasteiger partial charge in [-0.1, -0.05) is 18.5 Å². The maximum atomic E-state index is 12.2. The van der Waals surface area contributed by atoms with E-state index < -0.39 is 11.8 Å². The third kappa shape index (κ3) is 3.85. The highest BCUT2D eigenvalue weighted by Crippen LogP contribution is 2.30. The third-order valence-corrected chi connectivity index (χ3v) is 5.02. The number of carbonyl (C=O) groups is 2. The summed E-state index contributed by atoms with van der Waals surface area (Å²) in [6.07, 6.45) is 1.24. The second-order valence-electron chi connectivity index (χ2n) is 6.29. The Morgan fingerprint density at radius 3 is 2.54 bits per heavy atom. The quantitative estimate of drug-likeness (QED) is 0.723. The van der Waals surface area contributed by atoms with Crippen LogP contribution in [-0.2, 0) is 9.59 Å². The predicted octanol–water partition coefficient (Wildman–Crippen LogP) is 1.14. The monoisotopic (exact) mass is 378 g/mol. The van der Waals surface area contributed by atoms with E-state index in [0.717, 1.165) is 43.3 Å². The number of anilines is 2. The number of aliphatic hydroxyl groups excluding tert-OH is 1. The number of nitrogens with one attached hydrogen (secondary N) is 1. The van der Waals surface area contributed by atoms with Gasteiger partial charge in [-0.15, -0.1) is 0 Å². The van der Waals surface area contributed by atoms with Crippen molar-refractivity contribution in [3.05, 3.63) is 35.0 Å². The van der Waals surface area contributed by atoms with Crippen LogP contribution in [0.3, 0.4) is 0 Å². The molecule has 0 aromatic heterocycles. The molecule has 2 amide bonds. The van der Waals surface area contributed by atoms with Crippen molar-refractivity contribution < 1.29 is 14.7 Å². The van der Waals surface area contributed by atoms with Crippen LogP contribution in [0.2, 0.25) is 5.02 Å². The van der Waals surface area contributed by atoms with Gasteiger partial charge < -0.3 is 20.2 Å². The maximum Gasteiger partial charge on any atom is 0.277 e. The molecule has 8 heteroatoms. The molecule has 0 radical (unpaired) electrons. The Morgan fingerprint density at radius 2 is 1.92 bits per heavy atom. The average molecular weight is 379 g/mol. The lowest BCUT2D eigenvalue weighted by atomic mass is 10.2. The Kier molecular flexibility index (Phi) is 5.80. The van der Waals surface area contributed by atoms with Crippen molar-refractivity contribution in [2.75, 3.05) is 56.1 Å². The number of imide groups is 1. The molecule has 1 saturated heterocycles. The molecule has 3 rings (SSSR count). The van der Waals surface area contributed by atoms with Crippen molar-refractivity contribution in [2.24, 2.45) is 0 Å². The summed E-state index contributed by atoms with van der Waals surface area (Å²) in [5.74, 6) is -0.872. The standard InChI is InChI=1S/C18H23ClN4O3/c1-2-21-5-7-22(8-6-21)16-4-3-13(11-14(16)19)20-15-12-17(25)23(9-10-24)18(15)26/h3-4,11-12,20,24H,2,5-10H2,1H3. The van der Waals surface area contributed by atoms with Gasteiger partial charge in [0, 0.05) is 37.9 Å². The Bertz CT molecular complexity index is 729. The summed E-state index contributed by atoms with van der Waals surface area (Å²) >= 11 is 6.45. The molecule has 0 bridgehead atoms. The lowest BCUT2D eigenvalue weighted by Crippen LogP contribution is -2.46. The molecule has 0 spiro atoms. The summed E-state index contributed by atoms with van der Waals surface area (Å²) < 4.78 is 0. The van der Waals surface area contributed by atoms with E-state index in [9.17, 15) is 9.59 Å². The highest BCUT2D eigenvalue weighted by atomic mass is 35.5. The zero-order valence-electron chi connectivity index (χ0n) is 14.7. The van der Waals surface area contributed by atoms with Gasteiger partial charge in [-0.05, 0) is 24.7 Å². The van der Waals surface area contributed by atoms with Crippen LogP contribution in [0.5, 0.6) is 0 Å². The molecule has 140 valence electrons. The molecule has 2 N–H and O–H groups in total. The largest absolute Gasteiger partial charge is 0.395 e. The topological polar surface area (TPSA) is 76.1 Å². The summed E-state index contributed by atoms with van der Waals surface area (Å²) in [6, 6.07) is 5.54. The van der Waals surface area contributed by atoms with E-state index in [-0.39, 0.29) is 18.8 Å². The minimum absolute atomic E-state index is 0.0111. The SMILES string of the molecule is CCN1CCN(c2ccc(NC3=CC(=O)N(CCO)C3=O)cc2Cl)CC1. The minimum Gasteiger partial charge on any atom is -0.395 e. The van der Waals surface area contributed by atoms with Crippen LogP contribution in [0.25, 0.3) is 0 Å². The fraction of sp³-hybridized carbons (Fsp3) is 0.444. The van der Waals surface area contributed by atoms with Gasteiger partial charge in [-0.3, -0.25) is 14.5 Å². The zero-order chi connectivity index (χ0) is 18.7. The molecule has 26 heavy (non-hydrogen) atoms. The van der Waals surface area contributed by atoms with Crippen LogP contribution in [0.15, 0.2) is 30.0 Å². The van der Waals surface area contributed by atoms with Crippen molar-refractivity contribution in [2.45, 2.75) is 6.92 Å². The second-order valence-corrected chi connectivity index (χ2v) is 6.70. The fourth-order valence-electron chi connectivity index (χ4n) is 3.21. The van der Waals surface area contributed by atoms with Gasteiger partial charge in [-0.25, -0.2) is 0 Å². The van der Waals surface area contributed by atoms with Gasteiger partial charge >= 0.3 is 0 Å². The smallest absolute Gasteiger partial charge is 0.277 e. The van der Waals surface area contributed by atoms with Gasteiger partial charge in [0.05, 0.1) is 23.9 Å². The number of amides is 2. The third-order valence-electron chi connectivity index (χ3n) is 4.72. The Morgan fingerprint density at radius 1 is 1.19 bits per heavy atom. The molecule has 7 nitrogen and oxygen atoms in total. The van der Waals surface area contributed by atoms with E-state index in [1.54, 1.807) is 6.07 Å². The molecule has 1 fully saturated rings. The van der Waals surface area contributed by atoms with Crippen LogP contribution < -0.4 is 10.2 Å². The number of nitrogens with zero attached hydrogens (tertiary/aromatic N) is 3. The number of hydrogen-bond donors (Lipinski definition) is 2. The van der Waals surface area contributed by atoms with Crippen LogP contribution in [-0.4, -0.2) is 72.6 Å². The Balaban J connectivity index is 1.68. The maximum absolute atomic E-state index is 12.2. The van der Waals surface area contributed by atoms with E-state index in [0.29, 0.717) is 10.7 Å². The van der Waals surface area contributed by atoms with Crippen molar-refractivity contribution >= 4 is 34.8 Å². The Hall–Kier alpha value is -2.09. The molecule has 0 unspecified atom stereocenters. The molecular weight excluding hydrogens is 356 g/mol. The number of rotatable bonds is 6. The lowest BCUT2D eigenvalue weighted by Gasteiger charge is -2.36. The minimum atomic E-state index is -0.445. The molecule has 1 aromatic carbocycles. The van der Waals surface area contributed by atoms with Crippen LogP contribution in [0.4, 0.5) is 11.4 Å². The number of likely N-dealkylation sites (N-methyl/N-ethyl adjacent to an activating group) is 1. The van der Waals surface area contributed by atoms with Crippen molar-refractivity contribution in [3.63, 3.8) is 0 Å². The number of β-amino-alcohol motifs (C(OH)–C–C–N with tert-alkyl or cyclic N) is 1. The van der Waals surface area contributed by atoms with Crippen molar-refractivity contribution in [3.8, 4) is 0 Å². The molecule has 0 saturated carbocycles. The molecule has 2 aliphatic rings. The van der Waals surface area contributed by atoms with Gasteiger partial charge in [0.1, 0.15) is 5.70 Å². The normalized spacial score (nSPS) is 18.5. The van der Waals surface area contributed by atoms with E-state index in [1.165, 1.54) is 6.08 Å². The van der Waals surface area contributed by atoms with Crippen LogP contribution in [0, 0.1) is 0 Å². The first-order chi connectivity index (χ1) is 12.5.